The van der Waals surface area contributed by atoms with Gasteiger partial charge in [0, 0.05) is 18.7 Å². The van der Waals surface area contributed by atoms with Crippen molar-refractivity contribution in [2.75, 3.05) is 13.7 Å². The van der Waals surface area contributed by atoms with Crippen LogP contribution in [0.25, 0.3) is 0 Å². The average molecular weight is 354 g/mol. The van der Waals surface area contributed by atoms with Crippen molar-refractivity contribution in [3.63, 3.8) is 0 Å². The molecule has 2 rings (SSSR count). The predicted molar refractivity (Wildman–Crippen MR) is 92.1 cm³/mol. The molecule has 0 radical (unpaired) electrons. The summed E-state index contributed by atoms with van der Waals surface area (Å²) in [5.74, 6) is 0.662. The molecule has 0 heterocycles. The van der Waals surface area contributed by atoms with Gasteiger partial charge in [-0.2, -0.15) is 0 Å². The maximum Gasteiger partial charge on any atom is 0.161 e. The van der Waals surface area contributed by atoms with Gasteiger partial charge in [-0.05, 0) is 36.8 Å². The first-order valence-electron chi connectivity index (χ1n) is 7.62. The van der Waals surface area contributed by atoms with E-state index in [0.29, 0.717) is 35.2 Å². The number of hydrogen-bond acceptors (Lipinski definition) is 4. The second kappa shape index (κ2) is 8.87. The van der Waals surface area contributed by atoms with Crippen molar-refractivity contribution >= 4 is 11.6 Å². The molecule has 24 heavy (non-hydrogen) atoms. The standard InChI is InChI=1S/C18H21ClFNO3/c1-12(22)9-21-10-13-6-7-17(18(8-13)23-2)24-11-14-15(19)4-3-5-16(14)20/h3-8,12,21-22H,9-11H2,1-2H3. The number of aliphatic hydroxyl groups is 1. The first-order valence-corrected chi connectivity index (χ1v) is 8.00. The minimum atomic E-state index is -0.403. The predicted octanol–water partition coefficient (Wildman–Crippen LogP) is 3.54. The van der Waals surface area contributed by atoms with Gasteiger partial charge < -0.3 is 19.9 Å². The number of nitrogens with one attached hydrogen (secondary N) is 1. The van der Waals surface area contributed by atoms with Gasteiger partial charge in [0.1, 0.15) is 12.4 Å². The third-order valence-corrected chi connectivity index (χ3v) is 3.78. The largest absolute Gasteiger partial charge is 0.493 e. The molecule has 0 saturated heterocycles. The summed E-state index contributed by atoms with van der Waals surface area (Å²) in [6.45, 7) is 2.84. The van der Waals surface area contributed by atoms with E-state index in [-0.39, 0.29) is 6.61 Å². The summed E-state index contributed by atoms with van der Waals surface area (Å²) in [6, 6.07) is 10.0. The summed E-state index contributed by atoms with van der Waals surface area (Å²) in [6.07, 6.45) is -0.403. The van der Waals surface area contributed by atoms with Crippen molar-refractivity contribution in [3.05, 3.63) is 58.4 Å². The van der Waals surface area contributed by atoms with Crippen molar-refractivity contribution in [2.45, 2.75) is 26.2 Å². The SMILES string of the molecule is COc1cc(CNCC(C)O)ccc1OCc1c(F)cccc1Cl. The van der Waals surface area contributed by atoms with Crippen LogP contribution in [-0.4, -0.2) is 24.9 Å². The lowest BCUT2D eigenvalue weighted by Gasteiger charge is -2.14. The number of benzene rings is 2. The number of rotatable bonds is 8. The molecule has 0 aliphatic carbocycles. The molecule has 0 aromatic heterocycles. The molecule has 4 nitrogen and oxygen atoms in total. The van der Waals surface area contributed by atoms with Gasteiger partial charge in [0.15, 0.2) is 11.5 Å². The maximum atomic E-state index is 13.8. The number of halogens is 2. The second-order valence-corrected chi connectivity index (χ2v) is 5.86. The first kappa shape index (κ1) is 18.5. The second-order valence-electron chi connectivity index (χ2n) is 5.45. The maximum absolute atomic E-state index is 13.8. The highest BCUT2D eigenvalue weighted by Crippen LogP contribution is 2.30. The summed E-state index contributed by atoms with van der Waals surface area (Å²) in [5, 5.41) is 12.7. The highest BCUT2D eigenvalue weighted by atomic mass is 35.5. The zero-order valence-corrected chi connectivity index (χ0v) is 14.4. The van der Waals surface area contributed by atoms with Crippen molar-refractivity contribution in [1.82, 2.24) is 5.32 Å². The van der Waals surface area contributed by atoms with Crippen molar-refractivity contribution in [2.24, 2.45) is 0 Å². The fraction of sp³-hybridized carbons (Fsp3) is 0.333. The zero-order valence-electron chi connectivity index (χ0n) is 13.7. The summed E-state index contributed by atoms with van der Waals surface area (Å²) < 4.78 is 24.8. The van der Waals surface area contributed by atoms with Crippen molar-refractivity contribution in [1.29, 1.82) is 0 Å². The van der Waals surface area contributed by atoms with E-state index < -0.39 is 11.9 Å². The van der Waals surface area contributed by atoms with Crippen LogP contribution in [0.1, 0.15) is 18.1 Å². The highest BCUT2D eigenvalue weighted by molar-refractivity contribution is 6.31. The topological polar surface area (TPSA) is 50.7 Å². The molecule has 2 aromatic rings. The van der Waals surface area contributed by atoms with Crippen LogP contribution >= 0.6 is 11.6 Å². The van der Waals surface area contributed by atoms with Crippen LogP contribution in [0.15, 0.2) is 36.4 Å². The Labute approximate surface area is 146 Å². The first-order chi connectivity index (χ1) is 11.5. The summed E-state index contributed by atoms with van der Waals surface area (Å²) in [5.41, 5.74) is 1.30. The monoisotopic (exact) mass is 353 g/mol. The molecule has 1 unspecified atom stereocenters. The summed E-state index contributed by atoms with van der Waals surface area (Å²) in [7, 11) is 1.55. The molecular weight excluding hydrogens is 333 g/mol. The van der Waals surface area contributed by atoms with Gasteiger partial charge in [-0.25, -0.2) is 4.39 Å². The molecule has 0 bridgehead atoms. The van der Waals surface area contributed by atoms with Gasteiger partial charge in [-0.3, -0.25) is 0 Å². The van der Waals surface area contributed by atoms with Gasteiger partial charge >= 0.3 is 0 Å². The number of hydrogen-bond donors (Lipinski definition) is 2. The average Bonchev–Trinajstić information content (AvgIpc) is 2.54. The van der Waals surface area contributed by atoms with Crippen LogP contribution < -0.4 is 14.8 Å². The van der Waals surface area contributed by atoms with E-state index in [1.807, 2.05) is 12.1 Å². The van der Waals surface area contributed by atoms with Gasteiger partial charge in [-0.1, -0.05) is 23.7 Å². The molecule has 6 heteroatoms. The Bertz CT molecular complexity index is 659. The molecular formula is C18H21ClFNO3. The van der Waals surface area contributed by atoms with Crippen LogP contribution in [0, 0.1) is 5.82 Å². The van der Waals surface area contributed by atoms with E-state index >= 15 is 0 Å². The molecule has 2 aromatic carbocycles. The van der Waals surface area contributed by atoms with Crippen LogP contribution in [0.2, 0.25) is 5.02 Å². The quantitative estimate of drug-likeness (QED) is 0.762. The molecule has 0 saturated carbocycles. The van der Waals surface area contributed by atoms with Gasteiger partial charge in [-0.15, -0.1) is 0 Å². The summed E-state index contributed by atoms with van der Waals surface area (Å²) in [4.78, 5) is 0. The molecule has 1 atom stereocenters. The third-order valence-electron chi connectivity index (χ3n) is 3.43. The fourth-order valence-electron chi connectivity index (χ4n) is 2.19. The minimum Gasteiger partial charge on any atom is -0.493 e. The third kappa shape index (κ3) is 5.09. The van der Waals surface area contributed by atoms with Crippen LogP contribution in [0.4, 0.5) is 4.39 Å². The summed E-state index contributed by atoms with van der Waals surface area (Å²) >= 11 is 6.00. The van der Waals surface area contributed by atoms with Gasteiger partial charge in [0.05, 0.1) is 18.2 Å². The molecule has 0 amide bonds. The molecule has 0 spiro atoms. The minimum absolute atomic E-state index is 0.0154. The smallest absolute Gasteiger partial charge is 0.161 e. The highest BCUT2D eigenvalue weighted by Gasteiger charge is 2.11. The van der Waals surface area contributed by atoms with E-state index in [2.05, 4.69) is 5.32 Å². The number of aliphatic hydroxyl groups excluding tert-OH is 1. The number of methoxy groups -OCH3 is 1. The van der Waals surface area contributed by atoms with Crippen LogP contribution in [0.5, 0.6) is 11.5 Å². The molecule has 130 valence electrons. The van der Waals surface area contributed by atoms with Gasteiger partial charge in [0.2, 0.25) is 0 Å². The fourth-order valence-corrected chi connectivity index (χ4v) is 2.40. The molecule has 0 aliphatic rings. The number of ether oxygens (including phenoxy) is 2. The van der Waals surface area contributed by atoms with E-state index in [1.54, 1.807) is 32.2 Å². The normalized spacial score (nSPS) is 12.0. The Morgan fingerprint density at radius 1 is 1.25 bits per heavy atom. The Morgan fingerprint density at radius 3 is 2.71 bits per heavy atom. The van der Waals surface area contributed by atoms with E-state index in [4.69, 9.17) is 21.1 Å². The Balaban J connectivity index is 2.05. The van der Waals surface area contributed by atoms with Gasteiger partial charge in [0.25, 0.3) is 0 Å². The van der Waals surface area contributed by atoms with Crippen molar-refractivity contribution in [3.8, 4) is 11.5 Å². The van der Waals surface area contributed by atoms with E-state index in [0.717, 1.165) is 5.56 Å². The van der Waals surface area contributed by atoms with E-state index in [1.165, 1.54) is 6.07 Å². The molecule has 0 fully saturated rings. The Kier molecular flexibility index (Phi) is 6.85. The Morgan fingerprint density at radius 2 is 2.04 bits per heavy atom. The van der Waals surface area contributed by atoms with E-state index in [9.17, 15) is 9.50 Å². The zero-order chi connectivity index (χ0) is 17.5. The lowest BCUT2D eigenvalue weighted by atomic mass is 10.2. The molecule has 0 aliphatic heterocycles. The lowest BCUT2D eigenvalue weighted by molar-refractivity contribution is 0.191. The molecule has 2 N–H and O–H groups in total. The Hall–Kier alpha value is -1.82. The lowest BCUT2D eigenvalue weighted by Crippen LogP contribution is -2.23. The van der Waals surface area contributed by atoms with Crippen molar-refractivity contribution < 1.29 is 19.0 Å². The van der Waals surface area contributed by atoms with Crippen LogP contribution in [-0.2, 0) is 13.2 Å². The van der Waals surface area contributed by atoms with Crippen LogP contribution in [0.3, 0.4) is 0 Å².